The van der Waals surface area contributed by atoms with E-state index in [1.165, 1.54) is 0 Å². The third kappa shape index (κ3) is 3.96. The molecule has 2 aliphatic rings. The molecule has 0 bridgehead atoms. The number of amides is 1. The van der Waals surface area contributed by atoms with Crippen molar-refractivity contribution in [3.05, 3.63) is 41.3 Å². The molecule has 156 valence electrons. The molecule has 0 unspecified atom stereocenters. The van der Waals surface area contributed by atoms with E-state index in [2.05, 4.69) is 27.1 Å². The van der Waals surface area contributed by atoms with Gasteiger partial charge >= 0.3 is 0 Å². The Balaban J connectivity index is 1.38. The summed E-state index contributed by atoms with van der Waals surface area (Å²) in [7, 11) is 1.72. The van der Waals surface area contributed by atoms with Gasteiger partial charge in [0.2, 0.25) is 0 Å². The van der Waals surface area contributed by atoms with Gasteiger partial charge in [0.15, 0.2) is 0 Å². The van der Waals surface area contributed by atoms with E-state index in [0.29, 0.717) is 23.1 Å². The molecule has 2 saturated heterocycles. The second-order valence-electron chi connectivity index (χ2n) is 7.94. The van der Waals surface area contributed by atoms with E-state index in [1.54, 1.807) is 7.11 Å². The number of anilines is 1. The number of likely N-dealkylation sites (tertiary alicyclic amines) is 1. The van der Waals surface area contributed by atoms with Crippen molar-refractivity contribution in [3.8, 4) is 5.75 Å². The number of benzene rings is 1. The molecule has 0 radical (unpaired) electrons. The second kappa shape index (κ2) is 8.45. The first kappa shape index (κ1) is 19.8. The third-order valence-corrected chi connectivity index (χ3v) is 6.19. The van der Waals surface area contributed by atoms with Gasteiger partial charge < -0.3 is 19.1 Å². The monoisotopic (exact) mass is 398 g/mol. The number of carbonyl (C=O) groups is 1. The molecule has 7 nitrogen and oxygen atoms in total. The summed E-state index contributed by atoms with van der Waals surface area (Å²) < 4.78 is 10.7. The average molecular weight is 399 g/mol. The van der Waals surface area contributed by atoms with Crippen LogP contribution in [0.5, 0.6) is 5.75 Å². The van der Waals surface area contributed by atoms with E-state index < -0.39 is 0 Å². The Labute approximate surface area is 172 Å². The number of carbonyl (C=O) groups excluding carboxylic acids is 1. The number of methoxy groups -OCH3 is 1. The molecule has 1 amide bonds. The van der Waals surface area contributed by atoms with Gasteiger partial charge in [0.25, 0.3) is 5.91 Å². The lowest BCUT2D eigenvalue weighted by Crippen LogP contribution is -2.56. The highest BCUT2D eigenvalue weighted by Crippen LogP contribution is 2.29. The van der Waals surface area contributed by atoms with Gasteiger partial charge in [0.1, 0.15) is 17.1 Å². The summed E-state index contributed by atoms with van der Waals surface area (Å²) in [6, 6.07) is 8.61. The fraction of sp³-hybridized carbons (Fsp3) is 0.545. The fourth-order valence-electron chi connectivity index (χ4n) is 4.60. The standard InChI is InChI=1S/C22H30N4O3/c1-16-21(17(2)29-23-16)22(27)26-10-6-7-18(15-26)24-11-13-25(14-12-24)19-8-4-5-9-20(19)28-3/h4-5,8-9,18H,6-7,10-15H2,1-3H3/t18-/m1/s1. The quantitative estimate of drug-likeness (QED) is 0.789. The minimum atomic E-state index is 0.0543. The Kier molecular flexibility index (Phi) is 5.76. The average Bonchev–Trinajstić information content (AvgIpc) is 3.11. The smallest absolute Gasteiger partial charge is 0.259 e. The van der Waals surface area contributed by atoms with E-state index in [0.717, 1.165) is 63.5 Å². The first-order valence-electron chi connectivity index (χ1n) is 10.4. The number of nitrogens with zero attached hydrogens (tertiary/aromatic N) is 4. The Morgan fingerprint density at radius 2 is 1.90 bits per heavy atom. The van der Waals surface area contributed by atoms with Crippen LogP contribution >= 0.6 is 0 Å². The second-order valence-corrected chi connectivity index (χ2v) is 7.94. The highest BCUT2D eigenvalue weighted by Gasteiger charge is 2.32. The SMILES string of the molecule is COc1ccccc1N1CCN([C@@H]2CCCN(C(=O)c3c(C)noc3C)C2)CC1. The van der Waals surface area contributed by atoms with E-state index in [4.69, 9.17) is 9.26 Å². The Morgan fingerprint density at radius 3 is 2.59 bits per heavy atom. The van der Waals surface area contributed by atoms with Crippen LogP contribution in [0.4, 0.5) is 5.69 Å². The van der Waals surface area contributed by atoms with E-state index in [1.807, 2.05) is 30.9 Å². The molecular weight excluding hydrogens is 368 g/mol. The molecule has 2 aliphatic heterocycles. The maximum Gasteiger partial charge on any atom is 0.259 e. The number of aryl methyl sites for hydroxylation is 2. The molecule has 2 aromatic rings. The van der Waals surface area contributed by atoms with Crippen LogP contribution < -0.4 is 9.64 Å². The van der Waals surface area contributed by atoms with Crippen molar-refractivity contribution in [2.45, 2.75) is 32.7 Å². The molecule has 4 rings (SSSR count). The lowest BCUT2D eigenvalue weighted by molar-refractivity contribution is 0.0561. The first-order chi connectivity index (χ1) is 14.1. The zero-order valence-corrected chi connectivity index (χ0v) is 17.6. The summed E-state index contributed by atoms with van der Waals surface area (Å²) in [6.45, 7) is 9.15. The predicted molar refractivity (Wildman–Crippen MR) is 112 cm³/mol. The van der Waals surface area contributed by atoms with Crippen molar-refractivity contribution in [2.75, 3.05) is 51.3 Å². The number of hydrogen-bond acceptors (Lipinski definition) is 6. The molecule has 29 heavy (non-hydrogen) atoms. The number of aromatic nitrogens is 1. The van der Waals surface area contributed by atoms with Crippen molar-refractivity contribution in [1.82, 2.24) is 15.0 Å². The van der Waals surface area contributed by atoms with Crippen molar-refractivity contribution >= 4 is 11.6 Å². The van der Waals surface area contributed by atoms with Gasteiger partial charge in [-0.3, -0.25) is 9.69 Å². The van der Waals surface area contributed by atoms with Crippen LogP contribution in [-0.4, -0.2) is 73.3 Å². The lowest BCUT2D eigenvalue weighted by atomic mass is 10.0. The van der Waals surface area contributed by atoms with E-state index in [-0.39, 0.29) is 5.91 Å². The van der Waals surface area contributed by atoms with E-state index >= 15 is 0 Å². The Morgan fingerprint density at radius 1 is 1.14 bits per heavy atom. The molecular formula is C22H30N4O3. The Bertz CT molecular complexity index is 838. The Hall–Kier alpha value is -2.54. The highest BCUT2D eigenvalue weighted by atomic mass is 16.5. The van der Waals surface area contributed by atoms with Gasteiger partial charge in [-0.1, -0.05) is 17.3 Å². The summed E-state index contributed by atoms with van der Waals surface area (Å²) in [5, 5.41) is 3.94. The molecule has 7 heteroatoms. The van der Waals surface area contributed by atoms with Crippen LogP contribution in [0.1, 0.15) is 34.7 Å². The maximum absolute atomic E-state index is 13.0. The van der Waals surface area contributed by atoms with Gasteiger partial charge in [0.05, 0.1) is 18.5 Å². The number of hydrogen-bond donors (Lipinski definition) is 0. The van der Waals surface area contributed by atoms with Gasteiger partial charge in [-0.2, -0.15) is 0 Å². The lowest BCUT2D eigenvalue weighted by Gasteiger charge is -2.44. The van der Waals surface area contributed by atoms with Crippen LogP contribution in [0.25, 0.3) is 0 Å². The number of piperazine rings is 1. The molecule has 1 aromatic heterocycles. The van der Waals surface area contributed by atoms with Crippen LogP contribution in [0.3, 0.4) is 0 Å². The summed E-state index contributed by atoms with van der Waals surface area (Å²) in [4.78, 5) is 19.9. The zero-order valence-electron chi connectivity index (χ0n) is 17.6. The fourth-order valence-corrected chi connectivity index (χ4v) is 4.60. The predicted octanol–water partition coefficient (Wildman–Crippen LogP) is 2.73. The topological polar surface area (TPSA) is 62.1 Å². The van der Waals surface area contributed by atoms with Gasteiger partial charge in [0, 0.05) is 45.3 Å². The van der Waals surface area contributed by atoms with Crippen molar-refractivity contribution in [2.24, 2.45) is 0 Å². The molecule has 1 atom stereocenters. The summed E-state index contributed by atoms with van der Waals surface area (Å²) in [6.07, 6.45) is 2.17. The molecule has 2 fully saturated rings. The van der Waals surface area contributed by atoms with Crippen LogP contribution in [0, 0.1) is 13.8 Å². The zero-order chi connectivity index (χ0) is 20.4. The highest BCUT2D eigenvalue weighted by molar-refractivity contribution is 5.96. The summed E-state index contributed by atoms with van der Waals surface area (Å²) >= 11 is 0. The number of ether oxygens (including phenoxy) is 1. The molecule has 3 heterocycles. The number of rotatable bonds is 4. The van der Waals surface area contributed by atoms with Crippen molar-refractivity contribution in [3.63, 3.8) is 0 Å². The molecule has 0 aliphatic carbocycles. The van der Waals surface area contributed by atoms with Gasteiger partial charge in [-0.05, 0) is 38.8 Å². The molecule has 0 saturated carbocycles. The third-order valence-electron chi connectivity index (χ3n) is 6.19. The molecule has 0 N–H and O–H groups in total. The van der Waals surface area contributed by atoms with E-state index in [9.17, 15) is 4.79 Å². The number of para-hydroxylation sites is 2. The molecule has 0 spiro atoms. The minimum Gasteiger partial charge on any atom is -0.495 e. The van der Waals surface area contributed by atoms with Crippen molar-refractivity contribution in [1.29, 1.82) is 0 Å². The normalized spacial score (nSPS) is 20.7. The van der Waals surface area contributed by atoms with Crippen molar-refractivity contribution < 1.29 is 14.1 Å². The van der Waals surface area contributed by atoms with Crippen LogP contribution in [0.15, 0.2) is 28.8 Å². The van der Waals surface area contributed by atoms with Crippen LogP contribution in [0.2, 0.25) is 0 Å². The van der Waals surface area contributed by atoms with Gasteiger partial charge in [-0.25, -0.2) is 0 Å². The first-order valence-corrected chi connectivity index (χ1v) is 10.4. The largest absolute Gasteiger partial charge is 0.495 e. The summed E-state index contributed by atoms with van der Waals surface area (Å²) in [5.41, 5.74) is 2.47. The minimum absolute atomic E-state index is 0.0543. The van der Waals surface area contributed by atoms with Gasteiger partial charge in [-0.15, -0.1) is 0 Å². The number of piperidine rings is 1. The maximum atomic E-state index is 13.0. The summed E-state index contributed by atoms with van der Waals surface area (Å²) in [5.74, 6) is 1.59. The van der Waals surface area contributed by atoms with Crippen LogP contribution in [-0.2, 0) is 0 Å². The molecule has 1 aromatic carbocycles.